The number of anilines is 1. The van der Waals surface area contributed by atoms with Gasteiger partial charge in [0.05, 0.1) is 24.4 Å². The fourth-order valence-electron chi connectivity index (χ4n) is 2.76. The standard InChI is InChI=1S/C16H24N6O3/c1-10(2)7-14(16(24)25)13(15-19-21-22-20-15)8-11-3-4-12(9-18-11)17-5-6-23/h3-4,9-10,13-14,17,23H,5-8H2,1-2H3,(H,24,25)(H,19,20,21,22)/t13-,14-/m0/s1. The Labute approximate surface area is 145 Å². The Hall–Kier alpha value is -2.55. The average molecular weight is 348 g/mol. The monoisotopic (exact) mass is 348 g/mol. The summed E-state index contributed by atoms with van der Waals surface area (Å²) >= 11 is 0. The van der Waals surface area contributed by atoms with Crippen LogP contribution in [0.3, 0.4) is 0 Å². The number of aliphatic carboxylic acids is 1. The molecule has 25 heavy (non-hydrogen) atoms. The number of aromatic amines is 1. The molecule has 2 aromatic heterocycles. The predicted molar refractivity (Wildman–Crippen MR) is 91.0 cm³/mol. The molecule has 0 aromatic carbocycles. The number of pyridine rings is 1. The second-order valence-electron chi connectivity index (χ2n) is 6.34. The third kappa shape index (κ3) is 5.49. The number of H-pyrrole nitrogens is 1. The van der Waals surface area contributed by atoms with Gasteiger partial charge in [-0.1, -0.05) is 19.1 Å². The number of rotatable bonds is 10. The number of nitrogens with zero attached hydrogens (tertiary/aromatic N) is 4. The molecular weight excluding hydrogens is 324 g/mol. The molecule has 2 rings (SSSR count). The fourth-order valence-corrected chi connectivity index (χ4v) is 2.76. The number of tetrazole rings is 1. The Balaban J connectivity index is 2.20. The summed E-state index contributed by atoms with van der Waals surface area (Å²) in [6.07, 6.45) is 2.59. The normalized spacial score (nSPS) is 13.6. The van der Waals surface area contributed by atoms with Crippen LogP contribution in [0.25, 0.3) is 0 Å². The molecule has 0 aliphatic rings. The molecule has 0 spiro atoms. The van der Waals surface area contributed by atoms with Gasteiger partial charge in [0.2, 0.25) is 0 Å². The van der Waals surface area contributed by atoms with Crippen molar-refractivity contribution in [1.82, 2.24) is 25.6 Å². The van der Waals surface area contributed by atoms with Crippen molar-refractivity contribution in [2.75, 3.05) is 18.5 Å². The number of hydrogen-bond acceptors (Lipinski definition) is 7. The first kappa shape index (κ1) is 18.8. The highest BCUT2D eigenvalue weighted by Gasteiger charge is 2.33. The van der Waals surface area contributed by atoms with Crippen molar-refractivity contribution in [3.05, 3.63) is 29.8 Å². The summed E-state index contributed by atoms with van der Waals surface area (Å²) in [5.41, 5.74) is 1.55. The third-order valence-corrected chi connectivity index (χ3v) is 3.92. The Morgan fingerprint density at radius 3 is 2.68 bits per heavy atom. The summed E-state index contributed by atoms with van der Waals surface area (Å²) in [6, 6.07) is 3.69. The number of nitrogens with one attached hydrogen (secondary N) is 2. The molecule has 136 valence electrons. The van der Waals surface area contributed by atoms with Crippen LogP contribution in [0.4, 0.5) is 5.69 Å². The molecule has 0 amide bonds. The van der Waals surface area contributed by atoms with Crippen molar-refractivity contribution in [1.29, 1.82) is 0 Å². The molecule has 0 bridgehead atoms. The van der Waals surface area contributed by atoms with Crippen LogP contribution in [-0.4, -0.2) is 54.9 Å². The van der Waals surface area contributed by atoms with E-state index >= 15 is 0 Å². The molecule has 2 aromatic rings. The van der Waals surface area contributed by atoms with Gasteiger partial charge < -0.3 is 15.5 Å². The number of carboxylic acid groups (broad SMARTS) is 1. The van der Waals surface area contributed by atoms with Gasteiger partial charge >= 0.3 is 5.97 Å². The average Bonchev–Trinajstić information content (AvgIpc) is 3.11. The van der Waals surface area contributed by atoms with Crippen LogP contribution in [0.2, 0.25) is 0 Å². The smallest absolute Gasteiger partial charge is 0.307 e. The fraction of sp³-hybridized carbons (Fsp3) is 0.562. The second-order valence-corrected chi connectivity index (χ2v) is 6.34. The van der Waals surface area contributed by atoms with Crippen LogP contribution in [0.1, 0.15) is 37.7 Å². The molecule has 2 atom stereocenters. The molecule has 2 heterocycles. The number of aliphatic hydroxyl groups excluding tert-OH is 1. The highest BCUT2D eigenvalue weighted by molar-refractivity contribution is 5.71. The van der Waals surface area contributed by atoms with Crippen LogP contribution in [0.5, 0.6) is 0 Å². The Bertz CT molecular complexity index is 644. The van der Waals surface area contributed by atoms with Gasteiger partial charge in [-0.2, -0.15) is 5.21 Å². The summed E-state index contributed by atoms with van der Waals surface area (Å²) in [7, 11) is 0. The summed E-state index contributed by atoms with van der Waals surface area (Å²) in [5.74, 6) is -1.29. The van der Waals surface area contributed by atoms with E-state index in [-0.39, 0.29) is 12.5 Å². The maximum Gasteiger partial charge on any atom is 0.307 e. The van der Waals surface area contributed by atoms with Crippen molar-refractivity contribution < 1.29 is 15.0 Å². The lowest BCUT2D eigenvalue weighted by Crippen LogP contribution is -2.26. The van der Waals surface area contributed by atoms with E-state index in [0.29, 0.717) is 25.2 Å². The molecule has 9 nitrogen and oxygen atoms in total. The van der Waals surface area contributed by atoms with Crippen molar-refractivity contribution in [2.45, 2.75) is 32.6 Å². The first-order chi connectivity index (χ1) is 12.0. The molecule has 0 aliphatic carbocycles. The Morgan fingerprint density at radius 1 is 1.36 bits per heavy atom. The minimum atomic E-state index is -0.871. The quantitative estimate of drug-likeness (QED) is 0.500. The lowest BCUT2D eigenvalue weighted by Gasteiger charge is -2.22. The van der Waals surface area contributed by atoms with Crippen LogP contribution in [0, 0.1) is 11.8 Å². The van der Waals surface area contributed by atoms with E-state index in [1.807, 2.05) is 26.0 Å². The van der Waals surface area contributed by atoms with Crippen LogP contribution >= 0.6 is 0 Å². The molecular formula is C16H24N6O3. The summed E-state index contributed by atoms with van der Waals surface area (Å²) in [5, 5.41) is 35.5. The summed E-state index contributed by atoms with van der Waals surface area (Å²) in [4.78, 5) is 16.2. The molecule has 9 heteroatoms. The topological polar surface area (TPSA) is 137 Å². The number of aliphatic hydroxyl groups is 1. The maximum atomic E-state index is 11.8. The highest BCUT2D eigenvalue weighted by atomic mass is 16.4. The Morgan fingerprint density at radius 2 is 2.16 bits per heavy atom. The van der Waals surface area contributed by atoms with E-state index < -0.39 is 17.8 Å². The van der Waals surface area contributed by atoms with Crippen molar-refractivity contribution >= 4 is 11.7 Å². The molecule has 0 unspecified atom stereocenters. The van der Waals surface area contributed by atoms with E-state index in [2.05, 4.69) is 30.9 Å². The van der Waals surface area contributed by atoms with Gasteiger partial charge in [0, 0.05) is 24.6 Å². The number of carboxylic acids is 1. The van der Waals surface area contributed by atoms with Gasteiger partial charge in [-0.15, -0.1) is 10.2 Å². The zero-order chi connectivity index (χ0) is 18.2. The number of hydrogen-bond donors (Lipinski definition) is 4. The largest absolute Gasteiger partial charge is 0.481 e. The lowest BCUT2D eigenvalue weighted by atomic mass is 9.82. The molecule has 0 saturated carbocycles. The van der Waals surface area contributed by atoms with Gasteiger partial charge in [-0.25, -0.2) is 0 Å². The summed E-state index contributed by atoms with van der Waals surface area (Å²) in [6.45, 7) is 4.46. The minimum absolute atomic E-state index is 0.0388. The van der Waals surface area contributed by atoms with Gasteiger partial charge in [0.1, 0.15) is 0 Å². The molecule has 0 radical (unpaired) electrons. The molecule has 4 N–H and O–H groups in total. The summed E-state index contributed by atoms with van der Waals surface area (Å²) < 4.78 is 0. The van der Waals surface area contributed by atoms with Crippen LogP contribution in [-0.2, 0) is 11.2 Å². The molecule has 0 fully saturated rings. The van der Waals surface area contributed by atoms with Gasteiger partial charge in [0.15, 0.2) is 5.82 Å². The van der Waals surface area contributed by atoms with Crippen molar-refractivity contribution in [3.63, 3.8) is 0 Å². The van der Waals surface area contributed by atoms with Crippen LogP contribution < -0.4 is 5.32 Å². The second kappa shape index (κ2) is 9.07. The van der Waals surface area contributed by atoms with E-state index in [1.54, 1.807) is 6.20 Å². The molecule has 0 saturated heterocycles. The van der Waals surface area contributed by atoms with E-state index in [0.717, 1.165) is 11.4 Å². The van der Waals surface area contributed by atoms with Crippen LogP contribution in [0.15, 0.2) is 18.3 Å². The molecule has 0 aliphatic heterocycles. The zero-order valence-corrected chi connectivity index (χ0v) is 14.4. The SMILES string of the molecule is CC(C)C[C@H](C(=O)O)[C@H](Cc1ccc(NCCO)cn1)c1nn[nH]n1. The highest BCUT2D eigenvalue weighted by Crippen LogP contribution is 2.30. The predicted octanol–water partition coefficient (Wildman–Crippen LogP) is 1.07. The Kier molecular flexibility index (Phi) is 6.81. The number of aromatic nitrogens is 5. The maximum absolute atomic E-state index is 11.8. The first-order valence-electron chi connectivity index (χ1n) is 8.27. The third-order valence-electron chi connectivity index (χ3n) is 3.92. The van der Waals surface area contributed by atoms with Crippen molar-refractivity contribution in [3.8, 4) is 0 Å². The van der Waals surface area contributed by atoms with Gasteiger partial charge in [-0.05, 0) is 24.5 Å². The van der Waals surface area contributed by atoms with Gasteiger partial charge in [0.25, 0.3) is 0 Å². The zero-order valence-electron chi connectivity index (χ0n) is 14.4. The first-order valence-corrected chi connectivity index (χ1v) is 8.27. The van der Waals surface area contributed by atoms with Crippen molar-refractivity contribution in [2.24, 2.45) is 11.8 Å². The van der Waals surface area contributed by atoms with Gasteiger partial charge in [-0.3, -0.25) is 9.78 Å². The van der Waals surface area contributed by atoms with E-state index in [4.69, 9.17) is 5.11 Å². The van der Waals surface area contributed by atoms with E-state index in [9.17, 15) is 9.90 Å². The minimum Gasteiger partial charge on any atom is -0.481 e. The number of carbonyl (C=O) groups is 1. The van der Waals surface area contributed by atoms with E-state index in [1.165, 1.54) is 0 Å². The lowest BCUT2D eigenvalue weighted by molar-refractivity contribution is -0.143.